The lowest BCUT2D eigenvalue weighted by atomic mass is 10.2. The van der Waals surface area contributed by atoms with E-state index < -0.39 is 6.04 Å². The fourth-order valence-electron chi connectivity index (χ4n) is 1.96. The maximum absolute atomic E-state index is 12.0. The number of carbonyl (C=O) groups is 3. The summed E-state index contributed by atoms with van der Waals surface area (Å²) in [6.45, 7) is 6.96. The van der Waals surface area contributed by atoms with Crippen molar-refractivity contribution in [2.24, 2.45) is 0 Å². The topological polar surface area (TPSA) is 79.0 Å². The van der Waals surface area contributed by atoms with Crippen LogP contribution < -0.4 is 5.32 Å². The van der Waals surface area contributed by atoms with E-state index in [1.807, 2.05) is 0 Å². The predicted molar refractivity (Wildman–Crippen MR) is 68.5 cm³/mol. The summed E-state index contributed by atoms with van der Waals surface area (Å²) in [6, 6.07) is -0.536. The second-order valence-electron chi connectivity index (χ2n) is 4.43. The average molecular weight is 271 g/mol. The Kier molecular flexibility index (Phi) is 5.59. The van der Waals surface area contributed by atoms with E-state index >= 15 is 0 Å². The number of ether oxygens (including phenoxy) is 1. The van der Waals surface area contributed by atoms with Crippen molar-refractivity contribution in [3.05, 3.63) is 0 Å². The molecule has 7 heteroatoms. The van der Waals surface area contributed by atoms with Crippen molar-refractivity contribution >= 4 is 17.9 Å². The first-order valence-corrected chi connectivity index (χ1v) is 6.43. The first kappa shape index (κ1) is 15.3. The number of rotatable bonds is 3. The van der Waals surface area contributed by atoms with Crippen LogP contribution in [0.3, 0.4) is 0 Å². The summed E-state index contributed by atoms with van der Waals surface area (Å²) in [6.07, 6.45) is -0.343. The van der Waals surface area contributed by atoms with Crippen LogP contribution in [0.25, 0.3) is 0 Å². The zero-order valence-electron chi connectivity index (χ0n) is 11.6. The minimum absolute atomic E-state index is 0.126. The molecule has 0 bridgehead atoms. The van der Waals surface area contributed by atoms with Crippen LogP contribution in [0.5, 0.6) is 0 Å². The van der Waals surface area contributed by atoms with Gasteiger partial charge in [-0.15, -0.1) is 0 Å². The second kappa shape index (κ2) is 6.96. The molecule has 19 heavy (non-hydrogen) atoms. The highest BCUT2D eigenvalue weighted by Gasteiger charge is 2.27. The van der Waals surface area contributed by atoms with E-state index in [9.17, 15) is 14.4 Å². The molecular formula is C12H21N3O4. The highest BCUT2D eigenvalue weighted by atomic mass is 16.6. The SMILES string of the molecule is CCOC(=O)N1CCN(C(=O)[C@@H](C)NC(C)=O)CC1. The van der Waals surface area contributed by atoms with Gasteiger partial charge in [0.05, 0.1) is 6.61 Å². The highest BCUT2D eigenvalue weighted by molar-refractivity contribution is 5.86. The molecule has 1 heterocycles. The van der Waals surface area contributed by atoms with Crippen LogP contribution in [0.1, 0.15) is 20.8 Å². The van der Waals surface area contributed by atoms with E-state index in [0.29, 0.717) is 32.8 Å². The molecular weight excluding hydrogens is 250 g/mol. The summed E-state index contributed by atoms with van der Waals surface area (Å²) in [5.41, 5.74) is 0. The second-order valence-corrected chi connectivity index (χ2v) is 4.43. The third-order valence-corrected chi connectivity index (χ3v) is 2.91. The fourth-order valence-corrected chi connectivity index (χ4v) is 1.96. The largest absolute Gasteiger partial charge is 0.450 e. The Bertz CT molecular complexity index is 351. The van der Waals surface area contributed by atoms with Crippen molar-refractivity contribution in [1.29, 1.82) is 0 Å². The third-order valence-electron chi connectivity index (χ3n) is 2.91. The Morgan fingerprint density at radius 1 is 1.16 bits per heavy atom. The molecule has 0 aliphatic carbocycles. The van der Waals surface area contributed by atoms with E-state index in [0.717, 1.165) is 0 Å². The number of piperazine rings is 1. The lowest BCUT2D eigenvalue weighted by Crippen LogP contribution is -2.55. The monoisotopic (exact) mass is 271 g/mol. The van der Waals surface area contributed by atoms with Crippen LogP contribution in [-0.2, 0) is 14.3 Å². The number of nitrogens with zero attached hydrogens (tertiary/aromatic N) is 2. The maximum Gasteiger partial charge on any atom is 0.409 e. The van der Waals surface area contributed by atoms with Crippen LogP contribution in [-0.4, -0.2) is 66.5 Å². The third kappa shape index (κ3) is 4.42. The van der Waals surface area contributed by atoms with Gasteiger partial charge in [-0.25, -0.2) is 4.79 Å². The standard InChI is InChI=1S/C12H21N3O4/c1-4-19-12(18)15-7-5-14(6-8-15)11(17)9(2)13-10(3)16/h9H,4-8H2,1-3H3,(H,13,16)/t9-/m1/s1. The molecule has 0 aromatic rings. The molecule has 1 atom stereocenters. The van der Waals surface area contributed by atoms with E-state index in [1.54, 1.807) is 23.6 Å². The van der Waals surface area contributed by atoms with Crippen LogP contribution in [0, 0.1) is 0 Å². The van der Waals surface area contributed by atoms with Gasteiger partial charge in [0.2, 0.25) is 11.8 Å². The zero-order chi connectivity index (χ0) is 14.4. The summed E-state index contributed by atoms with van der Waals surface area (Å²) in [7, 11) is 0. The van der Waals surface area contributed by atoms with Gasteiger partial charge in [-0.1, -0.05) is 0 Å². The summed E-state index contributed by atoms with van der Waals surface area (Å²) in [4.78, 5) is 37.6. The van der Waals surface area contributed by atoms with Crippen molar-refractivity contribution in [3.63, 3.8) is 0 Å². The van der Waals surface area contributed by atoms with Crippen molar-refractivity contribution in [2.45, 2.75) is 26.8 Å². The van der Waals surface area contributed by atoms with Gasteiger partial charge in [0.1, 0.15) is 6.04 Å². The molecule has 1 aliphatic rings. The van der Waals surface area contributed by atoms with Gasteiger partial charge in [0.25, 0.3) is 0 Å². The molecule has 0 unspecified atom stereocenters. The summed E-state index contributed by atoms with van der Waals surface area (Å²) >= 11 is 0. The first-order chi connectivity index (χ1) is 8.95. The summed E-state index contributed by atoms with van der Waals surface area (Å²) in [5.74, 6) is -0.357. The van der Waals surface area contributed by atoms with Crippen molar-refractivity contribution in [1.82, 2.24) is 15.1 Å². The molecule has 3 amide bonds. The number of hydrogen-bond acceptors (Lipinski definition) is 4. The fraction of sp³-hybridized carbons (Fsp3) is 0.750. The molecule has 1 fully saturated rings. The maximum atomic E-state index is 12.0. The van der Waals surface area contributed by atoms with Gasteiger partial charge >= 0.3 is 6.09 Å². The van der Waals surface area contributed by atoms with Crippen LogP contribution in [0.2, 0.25) is 0 Å². The number of nitrogens with one attached hydrogen (secondary N) is 1. The van der Waals surface area contributed by atoms with E-state index in [-0.39, 0.29) is 17.9 Å². The molecule has 1 rings (SSSR count). The van der Waals surface area contributed by atoms with Gasteiger partial charge in [-0.05, 0) is 13.8 Å². The van der Waals surface area contributed by atoms with Crippen LogP contribution in [0.4, 0.5) is 4.79 Å². The Balaban J connectivity index is 2.43. The Morgan fingerprint density at radius 3 is 2.16 bits per heavy atom. The average Bonchev–Trinajstić information content (AvgIpc) is 2.37. The van der Waals surface area contributed by atoms with Crippen molar-refractivity contribution in [2.75, 3.05) is 32.8 Å². The molecule has 1 saturated heterocycles. The normalized spacial score (nSPS) is 16.8. The molecule has 7 nitrogen and oxygen atoms in total. The molecule has 1 aliphatic heterocycles. The molecule has 1 N–H and O–H groups in total. The molecule has 0 saturated carbocycles. The predicted octanol–water partition coefficient (Wildman–Crippen LogP) is -0.188. The van der Waals surface area contributed by atoms with Crippen LogP contribution in [0.15, 0.2) is 0 Å². The van der Waals surface area contributed by atoms with Gasteiger partial charge in [0, 0.05) is 33.1 Å². The summed E-state index contributed by atoms with van der Waals surface area (Å²) in [5, 5.41) is 2.56. The minimum Gasteiger partial charge on any atom is -0.450 e. The lowest BCUT2D eigenvalue weighted by molar-refractivity contribution is -0.136. The number of amides is 3. The molecule has 0 aromatic carbocycles. The highest BCUT2D eigenvalue weighted by Crippen LogP contribution is 2.05. The molecule has 108 valence electrons. The molecule has 0 aromatic heterocycles. The Morgan fingerprint density at radius 2 is 1.68 bits per heavy atom. The first-order valence-electron chi connectivity index (χ1n) is 6.43. The Labute approximate surface area is 112 Å². The van der Waals surface area contributed by atoms with Crippen LogP contribution >= 0.6 is 0 Å². The Hall–Kier alpha value is -1.79. The van der Waals surface area contributed by atoms with E-state index in [4.69, 9.17) is 4.74 Å². The smallest absolute Gasteiger partial charge is 0.409 e. The molecule has 0 spiro atoms. The quantitative estimate of drug-likeness (QED) is 0.772. The summed E-state index contributed by atoms with van der Waals surface area (Å²) < 4.78 is 4.90. The van der Waals surface area contributed by atoms with Gasteiger partial charge in [0.15, 0.2) is 0 Å². The molecule has 0 radical (unpaired) electrons. The van der Waals surface area contributed by atoms with Gasteiger partial charge in [-0.3, -0.25) is 9.59 Å². The van der Waals surface area contributed by atoms with Crippen molar-refractivity contribution < 1.29 is 19.1 Å². The zero-order valence-corrected chi connectivity index (χ0v) is 11.6. The number of carbonyl (C=O) groups excluding carboxylic acids is 3. The van der Waals surface area contributed by atoms with E-state index in [2.05, 4.69) is 5.32 Å². The lowest BCUT2D eigenvalue weighted by Gasteiger charge is -2.35. The number of hydrogen-bond donors (Lipinski definition) is 1. The van der Waals surface area contributed by atoms with E-state index in [1.165, 1.54) is 6.92 Å². The minimum atomic E-state index is -0.536. The van der Waals surface area contributed by atoms with Gasteiger partial charge < -0.3 is 19.9 Å². The van der Waals surface area contributed by atoms with Gasteiger partial charge in [-0.2, -0.15) is 0 Å². The van der Waals surface area contributed by atoms with Crippen molar-refractivity contribution in [3.8, 4) is 0 Å².